The van der Waals surface area contributed by atoms with Crippen LogP contribution >= 0.6 is 0 Å². The Balaban J connectivity index is 1.47. The summed E-state index contributed by atoms with van der Waals surface area (Å²) in [6.07, 6.45) is 0.725. The maximum absolute atomic E-state index is 12.1. The van der Waals surface area contributed by atoms with Crippen LogP contribution < -0.4 is 20.1 Å². The van der Waals surface area contributed by atoms with E-state index in [2.05, 4.69) is 16.7 Å². The number of benzene rings is 3. The number of amides is 2. The molecule has 0 bridgehead atoms. The predicted molar refractivity (Wildman–Crippen MR) is 111 cm³/mol. The summed E-state index contributed by atoms with van der Waals surface area (Å²) in [5.74, 6) is 1.88. The van der Waals surface area contributed by atoms with Crippen molar-refractivity contribution in [3.8, 4) is 23.3 Å². The van der Waals surface area contributed by atoms with E-state index < -0.39 is 0 Å². The molecule has 3 rings (SSSR count). The molecule has 0 atom stereocenters. The third-order valence-electron chi connectivity index (χ3n) is 4.21. The van der Waals surface area contributed by atoms with Gasteiger partial charge in [-0.05, 0) is 60.5 Å². The average Bonchev–Trinajstić information content (AvgIpc) is 2.76. The number of ether oxygens (including phenoxy) is 2. The number of nitrogens with zero attached hydrogens (tertiary/aromatic N) is 1. The highest BCUT2D eigenvalue weighted by Crippen LogP contribution is 2.25. The molecular formula is C23H21N3O3. The van der Waals surface area contributed by atoms with Crippen molar-refractivity contribution in [1.29, 1.82) is 5.26 Å². The zero-order valence-electron chi connectivity index (χ0n) is 16.0. The number of nitrogens with one attached hydrogen (secondary N) is 2. The average molecular weight is 387 g/mol. The van der Waals surface area contributed by atoms with E-state index in [4.69, 9.17) is 14.7 Å². The fraction of sp³-hybridized carbons (Fsp3) is 0.130. The molecule has 0 saturated heterocycles. The van der Waals surface area contributed by atoms with E-state index in [0.29, 0.717) is 29.3 Å². The Kier molecular flexibility index (Phi) is 6.69. The second-order valence-electron chi connectivity index (χ2n) is 6.21. The van der Waals surface area contributed by atoms with Gasteiger partial charge in [0.2, 0.25) is 0 Å². The molecule has 6 nitrogen and oxygen atoms in total. The first-order chi connectivity index (χ1) is 14.2. The van der Waals surface area contributed by atoms with Crippen LogP contribution in [0.4, 0.5) is 10.5 Å². The Labute approximate surface area is 169 Å². The van der Waals surface area contributed by atoms with Gasteiger partial charge in [-0.25, -0.2) is 4.79 Å². The summed E-state index contributed by atoms with van der Waals surface area (Å²) in [6, 6.07) is 23.5. The Hall–Kier alpha value is -3.98. The van der Waals surface area contributed by atoms with Crippen LogP contribution in [-0.4, -0.2) is 19.7 Å². The van der Waals surface area contributed by atoms with Gasteiger partial charge in [-0.1, -0.05) is 24.3 Å². The number of rotatable bonds is 7. The fourth-order valence-corrected chi connectivity index (χ4v) is 2.67. The number of anilines is 1. The molecule has 29 heavy (non-hydrogen) atoms. The number of para-hydroxylation sites is 1. The quantitative estimate of drug-likeness (QED) is 0.614. The van der Waals surface area contributed by atoms with E-state index in [1.54, 1.807) is 49.6 Å². The van der Waals surface area contributed by atoms with Crippen molar-refractivity contribution in [2.45, 2.75) is 6.42 Å². The predicted octanol–water partition coefficient (Wildman–Crippen LogP) is 4.72. The normalized spacial score (nSPS) is 9.93. The summed E-state index contributed by atoms with van der Waals surface area (Å²) in [6.45, 7) is 0.518. The fourth-order valence-electron chi connectivity index (χ4n) is 2.67. The first kappa shape index (κ1) is 19.8. The third kappa shape index (κ3) is 5.75. The van der Waals surface area contributed by atoms with Crippen molar-refractivity contribution in [2.75, 3.05) is 19.0 Å². The molecule has 0 fully saturated rings. The minimum atomic E-state index is -0.276. The largest absolute Gasteiger partial charge is 0.497 e. The summed E-state index contributed by atoms with van der Waals surface area (Å²) in [4.78, 5) is 12.1. The molecule has 0 aliphatic rings. The summed E-state index contributed by atoms with van der Waals surface area (Å²) in [5.41, 5.74) is 2.23. The Morgan fingerprint density at radius 3 is 2.34 bits per heavy atom. The van der Waals surface area contributed by atoms with Crippen LogP contribution in [0.15, 0.2) is 72.8 Å². The lowest BCUT2D eigenvalue weighted by Crippen LogP contribution is -2.30. The maximum Gasteiger partial charge on any atom is 0.319 e. The molecule has 3 aromatic rings. The van der Waals surface area contributed by atoms with E-state index in [0.717, 1.165) is 17.7 Å². The summed E-state index contributed by atoms with van der Waals surface area (Å²) < 4.78 is 10.9. The highest BCUT2D eigenvalue weighted by Gasteiger charge is 2.05. The SMILES string of the molecule is COc1ccc(CCNC(=O)Nc2ccc(Oc3ccccc3C#N)cc2)cc1. The standard InChI is InChI=1S/C23H21N3O3/c1-28-20-10-6-17(7-11-20)14-15-25-23(27)26-19-8-12-21(13-9-19)29-22-5-3-2-4-18(22)16-24/h2-13H,14-15H2,1H3,(H2,25,26,27). The van der Waals surface area contributed by atoms with Crippen molar-refractivity contribution < 1.29 is 14.3 Å². The van der Waals surface area contributed by atoms with E-state index in [-0.39, 0.29) is 6.03 Å². The van der Waals surface area contributed by atoms with Crippen molar-refractivity contribution in [3.05, 3.63) is 83.9 Å². The molecule has 146 valence electrons. The molecule has 0 aromatic heterocycles. The van der Waals surface area contributed by atoms with Crippen LogP contribution in [0.5, 0.6) is 17.2 Å². The highest BCUT2D eigenvalue weighted by atomic mass is 16.5. The monoisotopic (exact) mass is 387 g/mol. The van der Waals surface area contributed by atoms with Gasteiger partial charge in [0.15, 0.2) is 0 Å². The van der Waals surface area contributed by atoms with Crippen LogP contribution in [0.25, 0.3) is 0 Å². The lowest BCUT2D eigenvalue weighted by molar-refractivity contribution is 0.252. The maximum atomic E-state index is 12.1. The van der Waals surface area contributed by atoms with Crippen LogP contribution in [0.2, 0.25) is 0 Å². The van der Waals surface area contributed by atoms with Gasteiger partial charge in [0.05, 0.1) is 12.7 Å². The van der Waals surface area contributed by atoms with Crippen LogP contribution in [-0.2, 0) is 6.42 Å². The Bertz CT molecular complexity index is 993. The third-order valence-corrected chi connectivity index (χ3v) is 4.21. The van der Waals surface area contributed by atoms with Crippen molar-refractivity contribution in [2.24, 2.45) is 0 Å². The van der Waals surface area contributed by atoms with E-state index in [1.807, 2.05) is 30.3 Å². The van der Waals surface area contributed by atoms with E-state index in [1.165, 1.54) is 0 Å². The van der Waals surface area contributed by atoms with Gasteiger partial charge in [0.25, 0.3) is 0 Å². The van der Waals surface area contributed by atoms with Crippen LogP contribution in [0.3, 0.4) is 0 Å². The Morgan fingerprint density at radius 2 is 1.66 bits per heavy atom. The molecule has 0 spiro atoms. The first-order valence-electron chi connectivity index (χ1n) is 9.13. The second-order valence-corrected chi connectivity index (χ2v) is 6.21. The molecule has 0 aliphatic carbocycles. The van der Waals surface area contributed by atoms with Gasteiger partial charge in [-0.15, -0.1) is 0 Å². The molecule has 0 saturated carbocycles. The van der Waals surface area contributed by atoms with Crippen LogP contribution in [0, 0.1) is 11.3 Å². The molecule has 0 unspecified atom stereocenters. The lowest BCUT2D eigenvalue weighted by Gasteiger charge is -2.10. The van der Waals surface area contributed by atoms with Gasteiger partial charge in [0.1, 0.15) is 23.3 Å². The molecule has 0 aliphatic heterocycles. The number of hydrogen-bond acceptors (Lipinski definition) is 4. The summed E-state index contributed by atoms with van der Waals surface area (Å²) in [7, 11) is 1.63. The minimum absolute atomic E-state index is 0.276. The number of nitriles is 1. The van der Waals surface area contributed by atoms with Crippen molar-refractivity contribution in [1.82, 2.24) is 5.32 Å². The van der Waals surface area contributed by atoms with Crippen molar-refractivity contribution >= 4 is 11.7 Å². The molecule has 3 aromatic carbocycles. The zero-order valence-corrected chi connectivity index (χ0v) is 16.0. The number of hydrogen-bond donors (Lipinski definition) is 2. The van der Waals surface area contributed by atoms with Gasteiger partial charge in [-0.2, -0.15) is 5.26 Å². The van der Waals surface area contributed by atoms with Crippen molar-refractivity contribution in [3.63, 3.8) is 0 Å². The highest BCUT2D eigenvalue weighted by molar-refractivity contribution is 5.89. The topological polar surface area (TPSA) is 83.4 Å². The van der Waals surface area contributed by atoms with Gasteiger partial charge in [0, 0.05) is 12.2 Å². The number of carbonyl (C=O) groups is 1. The summed E-state index contributed by atoms with van der Waals surface area (Å²) >= 11 is 0. The summed E-state index contributed by atoms with van der Waals surface area (Å²) in [5, 5.41) is 14.7. The zero-order chi connectivity index (χ0) is 20.5. The van der Waals surface area contributed by atoms with Gasteiger partial charge >= 0.3 is 6.03 Å². The second kappa shape index (κ2) is 9.81. The van der Waals surface area contributed by atoms with Crippen LogP contribution in [0.1, 0.15) is 11.1 Å². The molecule has 0 radical (unpaired) electrons. The number of urea groups is 1. The smallest absolute Gasteiger partial charge is 0.319 e. The molecule has 6 heteroatoms. The minimum Gasteiger partial charge on any atom is -0.497 e. The molecular weight excluding hydrogens is 366 g/mol. The lowest BCUT2D eigenvalue weighted by atomic mass is 10.1. The first-order valence-corrected chi connectivity index (χ1v) is 9.13. The molecule has 2 amide bonds. The van der Waals surface area contributed by atoms with Gasteiger partial charge in [-0.3, -0.25) is 0 Å². The number of carbonyl (C=O) groups excluding carboxylic acids is 1. The molecule has 0 heterocycles. The van der Waals surface area contributed by atoms with Gasteiger partial charge < -0.3 is 20.1 Å². The van der Waals surface area contributed by atoms with E-state index in [9.17, 15) is 4.79 Å². The molecule has 2 N–H and O–H groups in total. The Morgan fingerprint density at radius 1 is 0.966 bits per heavy atom. The number of methoxy groups -OCH3 is 1. The van der Waals surface area contributed by atoms with E-state index >= 15 is 0 Å².